The summed E-state index contributed by atoms with van der Waals surface area (Å²) in [4.78, 5) is 9.18. The lowest BCUT2D eigenvalue weighted by molar-refractivity contribution is -0.128. The summed E-state index contributed by atoms with van der Waals surface area (Å²) >= 11 is 0. The van der Waals surface area contributed by atoms with Crippen LogP contribution >= 0.6 is 0 Å². The number of nitrogens with zero attached hydrogens (tertiary/aromatic N) is 1. The number of H-pyrrole nitrogens is 1. The van der Waals surface area contributed by atoms with Crippen LogP contribution in [0.25, 0.3) is 0 Å². The van der Waals surface area contributed by atoms with Gasteiger partial charge in [0.05, 0.1) is 12.8 Å². The second-order valence-corrected chi connectivity index (χ2v) is 1.83. The van der Waals surface area contributed by atoms with Crippen LogP contribution in [0.2, 0.25) is 0 Å². The van der Waals surface area contributed by atoms with Gasteiger partial charge >= 0.3 is 0 Å². The first-order valence-corrected chi connectivity index (χ1v) is 3.32. The molecule has 0 bridgehead atoms. The molecule has 0 saturated heterocycles. The summed E-state index contributed by atoms with van der Waals surface area (Å²) in [5, 5.41) is 6.38. The Labute approximate surface area is 65.6 Å². The normalized spacial score (nSPS) is 7.82. The number of aryl methyl sites for hydroxylation is 1. The van der Waals surface area contributed by atoms with Crippen molar-refractivity contribution >= 4 is 6.47 Å². The maximum absolute atomic E-state index is 9.18. The second-order valence-electron chi connectivity index (χ2n) is 1.83. The summed E-state index contributed by atoms with van der Waals surface area (Å²) in [5.74, 6) is 0. The van der Waals surface area contributed by atoms with Crippen LogP contribution in [-0.4, -0.2) is 23.3 Å². The van der Waals surface area contributed by atoms with E-state index in [2.05, 4.69) is 14.9 Å². The number of aromatic amines is 1. The third-order valence-electron chi connectivity index (χ3n) is 0.870. The lowest BCUT2D eigenvalue weighted by Crippen LogP contribution is -1.80. The Bertz CT molecular complexity index is 173. The van der Waals surface area contributed by atoms with Crippen LogP contribution in [0, 0.1) is 6.92 Å². The van der Waals surface area contributed by atoms with Crippen LogP contribution in [0.15, 0.2) is 12.4 Å². The fraction of sp³-hybridized carbons (Fsp3) is 0.429. The van der Waals surface area contributed by atoms with E-state index < -0.39 is 0 Å². The molecule has 1 N–H and O–H groups in total. The molecule has 0 unspecified atom stereocenters. The molecule has 1 aromatic rings. The molecule has 1 rings (SSSR count). The van der Waals surface area contributed by atoms with Crippen molar-refractivity contribution < 1.29 is 9.53 Å². The highest BCUT2D eigenvalue weighted by atomic mass is 16.5. The van der Waals surface area contributed by atoms with Gasteiger partial charge in [-0.25, -0.2) is 0 Å². The fourth-order valence-electron chi connectivity index (χ4n) is 0.383. The third-order valence-corrected chi connectivity index (χ3v) is 0.870. The standard InChI is InChI=1S/C4H6N2.C3H6O2/c1-4-2-5-6-3-4;1-2-5-3-4/h2-3H,1H3,(H,5,6);3H,2H2,1H3. The van der Waals surface area contributed by atoms with E-state index in [1.807, 2.05) is 13.1 Å². The summed E-state index contributed by atoms with van der Waals surface area (Å²) in [6.07, 6.45) is 3.62. The molecule has 1 heterocycles. The van der Waals surface area contributed by atoms with Crippen molar-refractivity contribution in [1.29, 1.82) is 0 Å². The number of nitrogens with one attached hydrogen (secondary N) is 1. The number of carbonyl (C=O) groups excluding carboxylic acids is 1. The molecule has 0 amide bonds. The molecule has 0 aliphatic heterocycles. The SMILES string of the molecule is CCOC=O.Cc1cn[nH]c1. The van der Waals surface area contributed by atoms with Gasteiger partial charge < -0.3 is 4.74 Å². The molecule has 0 saturated carbocycles. The third kappa shape index (κ3) is 6.57. The molecule has 0 aliphatic rings. The van der Waals surface area contributed by atoms with Crippen LogP contribution < -0.4 is 0 Å². The van der Waals surface area contributed by atoms with E-state index in [0.29, 0.717) is 13.1 Å². The maximum Gasteiger partial charge on any atom is 0.293 e. The van der Waals surface area contributed by atoms with Crippen LogP contribution in [0.5, 0.6) is 0 Å². The Balaban J connectivity index is 0.000000187. The van der Waals surface area contributed by atoms with Crippen molar-refractivity contribution in [2.75, 3.05) is 6.61 Å². The van der Waals surface area contributed by atoms with Crippen molar-refractivity contribution in [3.8, 4) is 0 Å². The summed E-state index contributed by atoms with van der Waals surface area (Å²) in [6, 6.07) is 0. The van der Waals surface area contributed by atoms with Crippen molar-refractivity contribution in [2.24, 2.45) is 0 Å². The Hall–Kier alpha value is -1.32. The number of hydrogen-bond acceptors (Lipinski definition) is 3. The topological polar surface area (TPSA) is 55.0 Å². The molecule has 4 heteroatoms. The van der Waals surface area contributed by atoms with E-state index >= 15 is 0 Å². The number of ether oxygens (including phenoxy) is 1. The highest BCUT2D eigenvalue weighted by Crippen LogP contribution is 1.84. The van der Waals surface area contributed by atoms with Crippen molar-refractivity contribution in [3.63, 3.8) is 0 Å². The summed E-state index contributed by atoms with van der Waals surface area (Å²) < 4.78 is 4.15. The van der Waals surface area contributed by atoms with Gasteiger partial charge in [0.25, 0.3) is 6.47 Å². The molecular formula is C7H12N2O2. The lowest BCUT2D eigenvalue weighted by atomic mass is 10.4. The van der Waals surface area contributed by atoms with E-state index in [0.717, 1.165) is 0 Å². The van der Waals surface area contributed by atoms with Crippen LogP contribution in [-0.2, 0) is 9.53 Å². The smallest absolute Gasteiger partial charge is 0.293 e. The molecule has 0 radical (unpaired) electrons. The minimum atomic E-state index is 0.431. The van der Waals surface area contributed by atoms with E-state index in [1.165, 1.54) is 5.56 Å². The monoisotopic (exact) mass is 156 g/mol. The van der Waals surface area contributed by atoms with Gasteiger partial charge in [0, 0.05) is 6.20 Å². The molecule has 62 valence electrons. The summed E-state index contributed by atoms with van der Waals surface area (Å²) in [6.45, 7) is 4.65. The molecule has 1 aromatic heterocycles. The first-order chi connectivity index (χ1) is 5.31. The van der Waals surface area contributed by atoms with Crippen molar-refractivity contribution in [3.05, 3.63) is 18.0 Å². The highest BCUT2D eigenvalue weighted by Gasteiger charge is 1.74. The highest BCUT2D eigenvalue weighted by molar-refractivity contribution is 5.36. The van der Waals surface area contributed by atoms with E-state index in [9.17, 15) is 4.79 Å². The second kappa shape index (κ2) is 6.80. The number of hydrogen-bond donors (Lipinski definition) is 1. The first kappa shape index (κ1) is 9.68. The van der Waals surface area contributed by atoms with Crippen molar-refractivity contribution in [1.82, 2.24) is 10.2 Å². The predicted molar refractivity (Wildman–Crippen MR) is 41.0 cm³/mol. The quantitative estimate of drug-likeness (QED) is 0.647. The van der Waals surface area contributed by atoms with Gasteiger partial charge in [-0.1, -0.05) is 0 Å². The molecule has 11 heavy (non-hydrogen) atoms. The minimum absolute atomic E-state index is 0.431. The molecule has 4 nitrogen and oxygen atoms in total. The maximum atomic E-state index is 9.18. The van der Waals surface area contributed by atoms with Crippen LogP contribution in [0.4, 0.5) is 0 Å². The average Bonchev–Trinajstić information content (AvgIpc) is 2.43. The largest absolute Gasteiger partial charge is 0.468 e. The molecular weight excluding hydrogens is 144 g/mol. The Kier molecular flexibility index (Phi) is 5.98. The molecule has 0 atom stereocenters. The van der Waals surface area contributed by atoms with Gasteiger partial charge in [-0.3, -0.25) is 9.89 Å². The van der Waals surface area contributed by atoms with Gasteiger partial charge in [0.2, 0.25) is 0 Å². The molecule has 0 aliphatic carbocycles. The molecule has 0 fully saturated rings. The number of rotatable bonds is 2. The van der Waals surface area contributed by atoms with Crippen molar-refractivity contribution in [2.45, 2.75) is 13.8 Å². The van der Waals surface area contributed by atoms with Gasteiger partial charge in [-0.05, 0) is 19.4 Å². The molecule has 0 spiro atoms. The Morgan fingerprint density at radius 2 is 2.55 bits per heavy atom. The predicted octanol–water partition coefficient (Wildman–Crippen LogP) is 0.897. The lowest BCUT2D eigenvalue weighted by Gasteiger charge is -1.79. The fourth-order valence-corrected chi connectivity index (χ4v) is 0.383. The van der Waals surface area contributed by atoms with Gasteiger partial charge in [0.1, 0.15) is 0 Å². The Morgan fingerprint density at radius 3 is 2.64 bits per heavy atom. The van der Waals surface area contributed by atoms with E-state index in [4.69, 9.17) is 0 Å². The van der Waals surface area contributed by atoms with E-state index in [-0.39, 0.29) is 0 Å². The van der Waals surface area contributed by atoms with Crippen LogP contribution in [0.3, 0.4) is 0 Å². The summed E-state index contributed by atoms with van der Waals surface area (Å²) in [5.41, 5.74) is 1.18. The molecule has 0 aromatic carbocycles. The Morgan fingerprint density at radius 1 is 1.82 bits per heavy atom. The zero-order valence-electron chi connectivity index (χ0n) is 6.70. The minimum Gasteiger partial charge on any atom is -0.468 e. The average molecular weight is 156 g/mol. The van der Waals surface area contributed by atoms with Gasteiger partial charge in [0.15, 0.2) is 0 Å². The van der Waals surface area contributed by atoms with Gasteiger partial charge in [-0.15, -0.1) is 0 Å². The van der Waals surface area contributed by atoms with Crippen LogP contribution in [0.1, 0.15) is 12.5 Å². The first-order valence-electron chi connectivity index (χ1n) is 3.32. The van der Waals surface area contributed by atoms with Gasteiger partial charge in [-0.2, -0.15) is 5.10 Å². The number of carbonyl (C=O) groups is 1. The van der Waals surface area contributed by atoms with E-state index in [1.54, 1.807) is 13.1 Å². The summed E-state index contributed by atoms with van der Waals surface area (Å²) in [7, 11) is 0. The number of aromatic nitrogens is 2. The zero-order chi connectivity index (χ0) is 8.53. The zero-order valence-corrected chi connectivity index (χ0v) is 6.70.